The Morgan fingerprint density at radius 1 is 1.43 bits per heavy atom. The van der Waals surface area contributed by atoms with Crippen LogP contribution in [-0.4, -0.2) is 31.8 Å². The van der Waals surface area contributed by atoms with Crippen molar-refractivity contribution in [1.82, 2.24) is 5.32 Å². The smallest absolute Gasteiger partial charge is 0.347 e. The first kappa shape index (κ1) is 24.5. The van der Waals surface area contributed by atoms with Gasteiger partial charge < -0.3 is 21.8 Å². The number of rotatable bonds is 8. The predicted octanol–water partition coefficient (Wildman–Crippen LogP) is 3.63. The maximum absolute atomic E-state index is 13.2. The average molecular weight is 525 g/mol. The normalized spacial score (nSPS) is 13.6. The zero-order valence-electron chi connectivity index (χ0n) is 15.8. The first-order valence-corrected chi connectivity index (χ1v) is 10.8. The van der Waals surface area contributed by atoms with Crippen molar-refractivity contribution in [2.24, 2.45) is 5.73 Å². The van der Waals surface area contributed by atoms with E-state index in [1.165, 1.54) is 18.2 Å². The third-order valence-electron chi connectivity index (χ3n) is 4.28. The lowest BCUT2D eigenvalue weighted by molar-refractivity contribution is -0.530. The number of alkyl halides is 3. The number of carbonyl (C=O) groups excluding carboxylic acids is 1. The fourth-order valence-electron chi connectivity index (χ4n) is 2.85. The highest BCUT2D eigenvalue weighted by molar-refractivity contribution is 9.12. The standard InChI is InChI=1S/C19H19BrClF3N4OS/c1-27-16(14(20)9-26)12-7-15(30-17(12)21)18(29)28-11(8-25)6-10-4-2-3-5-13(10)19(22,23)24/h2-5,7,9,11,26-27H,6,8,25H2,1H3,(H,28,29)/p+1. The van der Waals surface area contributed by atoms with E-state index < -0.39 is 23.7 Å². The summed E-state index contributed by atoms with van der Waals surface area (Å²) in [5, 5.41) is 11.8. The number of allylic oxidation sites excluding steroid dienone is 1. The van der Waals surface area contributed by atoms with Gasteiger partial charge in [-0.1, -0.05) is 29.8 Å². The number of quaternary nitrogens is 1. The summed E-state index contributed by atoms with van der Waals surface area (Å²) in [6.45, 7) is -0.0306. The summed E-state index contributed by atoms with van der Waals surface area (Å²) in [6.07, 6.45) is -3.43. The molecule has 0 fully saturated rings. The second-order valence-electron chi connectivity index (χ2n) is 6.26. The van der Waals surface area contributed by atoms with Gasteiger partial charge in [-0.05, 0) is 40.0 Å². The van der Waals surface area contributed by atoms with Crippen LogP contribution in [-0.2, 0) is 12.6 Å². The van der Waals surface area contributed by atoms with Crippen LogP contribution in [0.5, 0.6) is 0 Å². The largest absolute Gasteiger partial charge is 0.416 e. The molecule has 5 nitrogen and oxygen atoms in total. The van der Waals surface area contributed by atoms with E-state index in [1.54, 1.807) is 18.4 Å². The molecule has 30 heavy (non-hydrogen) atoms. The molecule has 0 spiro atoms. The zero-order chi connectivity index (χ0) is 22.5. The van der Waals surface area contributed by atoms with Crippen LogP contribution in [0.25, 0.3) is 5.70 Å². The molecular formula is C19H20BrClF3N4OS+. The van der Waals surface area contributed by atoms with Crippen LogP contribution in [0.4, 0.5) is 13.2 Å². The maximum atomic E-state index is 13.2. The SMILES string of the molecule is C[NH2+]C(=C(Br)C=N)c1cc(C(=O)NC(CN)Cc2ccccc2C(F)(F)F)sc1Cl. The quantitative estimate of drug-likeness (QED) is 0.397. The highest BCUT2D eigenvalue weighted by Gasteiger charge is 2.33. The molecule has 11 heteroatoms. The molecule has 1 aromatic carbocycles. The van der Waals surface area contributed by atoms with Gasteiger partial charge in [-0.15, -0.1) is 11.3 Å². The Morgan fingerprint density at radius 3 is 2.67 bits per heavy atom. The molecule has 0 aliphatic rings. The minimum atomic E-state index is -4.49. The molecule has 0 saturated heterocycles. The lowest BCUT2D eigenvalue weighted by atomic mass is 9.99. The van der Waals surface area contributed by atoms with Gasteiger partial charge in [0, 0.05) is 18.8 Å². The Hall–Kier alpha value is -1.72. The number of hydrogen-bond acceptors (Lipinski definition) is 4. The minimum absolute atomic E-state index is 0.0306. The molecule has 1 amide bonds. The number of carbonyl (C=O) groups is 1. The van der Waals surface area contributed by atoms with E-state index in [9.17, 15) is 18.0 Å². The number of nitrogens with one attached hydrogen (secondary N) is 2. The van der Waals surface area contributed by atoms with Crippen molar-refractivity contribution in [1.29, 1.82) is 5.41 Å². The van der Waals surface area contributed by atoms with Crippen LogP contribution in [0, 0.1) is 5.41 Å². The topological polar surface area (TPSA) is 95.6 Å². The molecule has 0 saturated carbocycles. The molecule has 6 N–H and O–H groups in total. The summed E-state index contributed by atoms with van der Waals surface area (Å²) in [7, 11) is 1.77. The number of nitrogens with two attached hydrogens (primary N) is 2. The Kier molecular flexibility index (Phi) is 8.62. The van der Waals surface area contributed by atoms with Gasteiger partial charge in [0.05, 0.1) is 27.5 Å². The Labute approximate surface area is 189 Å². The van der Waals surface area contributed by atoms with Crippen LogP contribution in [0.15, 0.2) is 34.8 Å². The van der Waals surface area contributed by atoms with Gasteiger partial charge in [0.25, 0.3) is 5.91 Å². The van der Waals surface area contributed by atoms with E-state index >= 15 is 0 Å². The molecular weight excluding hydrogens is 505 g/mol. The molecule has 1 aromatic heterocycles. The summed E-state index contributed by atoms with van der Waals surface area (Å²) in [5.41, 5.74) is 6.25. The summed E-state index contributed by atoms with van der Waals surface area (Å²) in [5.74, 6) is -0.477. The number of benzene rings is 1. The molecule has 0 aliphatic carbocycles. The lowest BCUT2D eigenvalue weighted by Crippen LogP contribution is -2.76. The fraction of sp³-hybridized carbons (Fsp3) is 0.263. The minimum Gasteiger partial charge on any atom is -0.347 e. The van der Waals surface area contributed by atoms with E-state index in [1.807, 2.05) is 0 Å². The molecule has 0 radical (unpaired) electrons. The van der Waals surface area contributed by atoms with Gasteiger partial charge in [-0.3, -0.25) is 4.79 Å². The Morgan fingerprint density at radius 2 is 2.10 bits per heavy atom. The summed E-state index contributed by atoms with van der Waals surface area (Å²) >= 11 is 10.6. The summed E-state index contributed by atoms with van der Waals surface area (Å²) < 4.78 is 40.5. The first-order chi connectivity index (χ1) is 14.1. The van der Waals surface area contributed by atoms with E-state index in [0.29, 0.717) is 25.0 Å². The Bertz CT molecular complexity index is 961. The molecule has 0 aliphatic heterocycles. The van der Waals surface area contributed by atoms with E-state index in [0.717, 1.165) is 23.6 Å². The molecule has 1 atom stereocenters. The molecule has 2 aromatic rings. The van der Waals surface area contributed by atoms with Crippen molar-refractivity contribution in [3.63, 3.8) is 0 Å². The van der Waals surface area contributed by atoms with Gasteiger partial charge >= 0.3 is 6.18 Å². The number of thiophene rings is 1. The van der Waals surface area contributed by atoms with Crippen LogP contribution >= 0.6 is 38.9 Å². The zero-order valence-corrected chi connectivity index (χ0v) is 19.0. The van der Waals surface area contributed by atoms with E-state index in [4.69, 9.17) is 22.7 Å². The highest BCUT2D eigenvalue weighted by Crippen LogP contribution is 2.33. The van der Waals surface area contributed by atoms with Crippen molar-refractivity contribution >= 4 is 56.7 Å². The molecule has 1 heterocycles. The van der Waals surface area contributed by atoms with Crippen molar-refractivity contribution in [2.75, 3.05) is 13.6 Å². The van der Waals surface area contributed by atoms with Gasteiger partial charge in [0.2, 0.25) is 0 Å². The third kappa shape index (κ3) is 5.92. The van der Waals surface area contributed by atoms with Crippen molar-refractivity contribution in [3.8, 4) is 0 Å². The molecule has 2 rings (SSSR count). The van der Waals surface area contributed by atoms with Gasteiger partial charge in [-0.25, -0.2) is 0 Å². The van der Waals surface area contributed by atoms with E-state index in [2.05, 4.69) is 21.2 Å². The van der Waals surface area contributed by atoms with Crippen LogP contribution in [0.2, 0.25) is 4.34 Å². The second-order valence-corrected chi connectivity index (χ2v) is 8.77. The van der Waals surface area contributed by atoms with Crippen LogP contribution < -0.4 is 16.4 Å². The van der Waals surface area contributed by atoms with Crippen molar-refractivity contribution < 1.29 is 23.3 Å². The molecule has 0 bridgehead atoms. The average Bonchev–Trinajstić information content (AvgIpc) is 3.09. The first-order valence-electron chi connectivity index (χ1n) is 8.77. The fourth-order valence-corrected chi connectivity index (χ4v) is 4.50. The summed E-state index contributed by atoms with van der Waals surface area (Å²) in [4.78, 5) is 13.0. The van der Waals surface area contributed by atoms with E-state index in [-0.39, 0.29) is 18.5 Å². The monoisotopic (exact) mass is 523 g/mol. The van der Waals surface area contributed by atoms with Crippen LogP contribution in [0.1, 0.15) is 26.4 Å². The maximum Gasteiger partial charge on any atom is 0.416 e. The van der Waals surface area contributed by atoms with Gasteiger partial charge in [-0.2, -0.15) is 13.2 Å². The van der Waals surface area contributed by atoms with Crippen molar-refractivity contribution in [3.05, 3.63) is 60.7 Å². The van der Waals surface area contributed by atoms with Gasteiger partial charge in [0.1, 0.15) is 4.34 Å². The number of amides is 1. The second kappa shape index (κ2) is 10.5. The van der Waals surface area contributed by atoms with Crippen LogP contribution in [0.3, 0.4) is 0 Å². The highest BCUT2D eigenvalue weighted by atomic mass is 79.9. The number of hydrogen-bond donors (Lipinski definition) is 4. The number of halogens is 5. The lowest BCUT2D eigenvalue weighted by Gasteiger charge is -2.19. The Balaban J connectivity index is 2.23. The third-order valence-corrected chi connectivity index (χ3v) is 6.30. The van der Waals surface area contributed by atoms with Crippen molar-refractivity contribution in [2.45, 2.75) is 18.6 Å². The molecule has 1 unspecified atom stereocenters. The van der Waals surface area contributed by atoms with Gasteiger partial charge in [0.15, 0.2) is 5.70 Å². The predicted molar refractivity (Wildman–Crippen MR) is 117 cm³/mol. The summed E-state index contributed by atoms with van der Waals surface area (Å²) in [6, 6.07) is 6.11. The molecule has 162 valence electrons.